The second-order valence-corrected chi connectivity index (χ2v) is 8.90. The van der Waals surface area contributed by atoms with E-state index in [4.69, 9.17) is 11.6 Å². The first-order valence-corrected chi connectivity index (χ1v) is 11.6. The summed E-state index contributed by atoms with van der Waals surface area (Å²) in [5.74, 6) is -0.814. The fourth-order valence-electron chi connectivity index (χ4n) is 4.95. The number of nitrogens with zero attached hydrogens (tertiary/aromatic N) is 2. The fraction of sp³-hybridized carbons (Fsp3) is 0.222. The van der Waals surface area contributed by atoms with Gasteiger partial charge in [-0.3, -0.25) is 14.6 Å². The van der Waals surface area contributed by atoms with Crippen LogP contribution in [0.15, 0.2) is 85.1 Å². The molecule has 4 aromatic rings. The summed E-state index contributed by atoms with van der Waals surface area (Å²) in [6.45, 7) is 2.89. The van der Waals surface area contributed by atoms with Crippen LogP contribution in [0.2, 0.25) is 5.02 Å². The van der Waals surface area contributed by atoms with E-state index in [1.807, 2.05) is 48.7 Å². The van der Waals surface area contributed by atoms with E-state index in [0.29, 0.717) is 13.1 Å². The zero-order chi connectivity index (χ0) is 22.8. The summed E-state index contributed by atoms with van der Waals surface area (Å²) >= 11 is 6.14. The van der Waals surface area contributed by atoms with Gasteiger partial charge in [-0.25, -0.2) is 0 Å². The minimum atomic E-state index is -0.814. The Bertz CT molecular complexity index is 1230. The quantitative estimate of drug-likeness (QED) is 0.408. The minimum absolute atomic E-state index is 0.0991. The molecule has 2 heterocycles. The number of para-hydroxylation sites is 1. The van der Waals surface area contributed by atoms with Crippen LogP contribution in [0.3, 0.4) is 0 Å². The van der Waals surface area contributed by atoms with E-state index in [0.717, 1.165) is 34.6 Å². The average molecular weight is 460 g/mol. The van der Waals surface area contributed by atoms with E-state index in [1.54, 1.807) is 0 Å². The van der Waals surface area contributed by atoms with Crippen molar-refractivity contribution in [2.45, 2.75) is 12.1 Å². The van der Waals surface area contributed by atoms with Crippen LogP contribution >= 0.6 is 11.6 Å². The summed E-state index contributed by atoms with van der Waals surface area (Å²) in [6.07, 6.45) is 1.84. The molecular formula is C27H26ClN3O2. The average Bonchev–Trinajstić information content (AvgIpc) is 3.26. The smallest absolute Gasteiger partial charge is 0.325 e. The Kier molecular flexibility index (Phi) is 6.18. The van der Waals surface area contributed by atoms with Crippen molar-refractivity contribution in [3.05, 3.63) is 107 Å². The second kappa shape index (κ2) is 9.40. The summed E-state index contributed by atoms with van der Waals surface area (Å²) in [7, 11) is 0. The number of hydrogen-bond donors (Lipinski definition) is 2. The molecule has 5 nitrogen and oxygen atoms in total. The van der Waals surface area contributed by atoms with Gasteiger partial charge >= 0.3 is 5.97 Å². The van der Waals surface area contributed by atoms with Gasteiger partial charge in [-0.2, -0.15) is 0 Å². The van der Waals surface area contributed by atoms with Gasteiger partial charge in [0.2, 0.25) is 0 Å². The molecule has 0 radical (unpaired) electrons. The number of carbonyl (C=O) groups is 1. The number of rotatable bonds is 6. The molecule has 0 aliphatic carbocycles. The normalized spacial score (nSPS) is 17.1. The number of carboxylic acids is 1. The fourth-order valence-corrected chi connectivity index (χ4v) is 5.08. The molecule has 5 rings (SSSR count). The van der Waals surface area contributed by atoms with Crippen LogP contribution in [0.4, 0.5) is 0 Å². The molecule has 0 saturated carbocycles. The highest BCUT2D eigenvalue weighted by Crippen LogP contribution is 2.33. The van der Waals surface area contributed by atoms with E-state index in [1.165, 1.54) is 11.1 Å². The molecule has 1 aliphatic rings. The summed E-state index contributed by atoms with van der Waals surface area (Å²) in [5, 5.41) is 11.8. The first kappa shape index (κ1) is 21.7. The zero-order valence-electron chi connectivity index (χ0n) is 18.2. The van der Waals surface area contributed by atoms with Gasteiger partial charge in [-0.15, -0.1) is 0 Å². The van der Waals surface area contributed by atoms with E-state index in [2.05, 4.69) is 51.2 Å². The lowest BCUT2D eigenvalue weighted by atomic mass is 9.96. The molecule has 2 N–H and O–H groups in total. The molecule has 1 fully saturated rings. The number of benzene rings is 3. The summed E-state index contributed by atoms with van der Waals surface area (Å²) < 4.78 is 0. The largest absolute Gasteiger partial charge is 0.480 e. The van der Waals surface area contributed by atoms with Crippen LogP contribution in [0, 0.1) is 0 Å². The van der Waals surface area contributed by atoms with Crippen LogP contribution in [0.5, 0.6) is 0 Å². The molecule has 2 atom stereocenters. The van der Waals surface area contributed by atoms with Gasteiger partial charge < -0.3 is 10.1 Å². The van der Waals surface area contributed by atoms with Crippen LogP contribution < -0.4 is 0 Å². The predicted molar refractivity (Wildman–Crippen MR) is 132 cm³/mol. The Morgan fingerprint density at radius 3 is 2.12 bits per heavy atom. The lowest BCUT2D eigenvalue weighted by Crippen LogP contribution is -2.50. The lowest BCUT2D eigenvalue weighted by molar-refractivity contribution is -0.144. The number of H-pyrrole nitrogens is 1. The van der Waals surface area contributed by atoms with Crippen LogP contribution in [0.25, 0.3) is 10.9 Å². The third kappa shape index (κ3) is 4.40. The maximum absolute atomic E-state index is 12.3. The molecule has 2 unspecified atom stereocenters. The molecule has 1 aromatic heterocycles. The molecule has 3 aromatic carbocycles. The summed E-state index contributed by atoms with van der Waals surface area (Å²) in [6, 6.07) is 25.8. The molecule has 0 bridgehead atoms. The SMILES string of the molecule is O=C(O)C(c1c[nH]c2ccccc12)N1CCN(C(c2ccccc2)c2ccc(Cl)cc2)CC1. The highest BCUT2D eigenvalue weighted by atomic mass is 35.5. The Morgan fingerprint density at radius 1 is 0.818 bits per heavy atom. The van der Waals surface area contributed by atoms with Gasteiger partial charge in [0.1, 0.15) is 6.04 Å². The van der Waals surface area contributed by atoms with Gasteiger partial charge in [-0.1, -0.05) is 72.3 Å². The van der Waals surface area contributed by atoms with Crippen molar-refractivity contribution in [2.75, 3.05) is 26.2 Å². The number of piperazine rings is 1. The number of carboxylic acid groups (broad SMARTS) is 1. The van der Waals surface area contributed by atoms with E-state index >= 15 is 0 Å². The molecule has 1 saturated heterocycles. The number of nitrogens with one attached hydrogen (secondary N) is 1. The van der Waals surface area contributed by atoms with E-state index < -0.39 is 12.0 Å². The molecule has 0 spiro atoms. The van der Waals surface area contributed by atoms with Crippen molar-refractivity contribution in [1.82, 2.24) is 14.8 Å². The maximum atomic E-state index is 12.3. The van der Waals surface area contributed by atoms with Crippen molar-refractivity contribution < 1.29 is 9.90 Å². The first-order valence-electron chi connectivity index (χ1n) is 11.2. The van der Waals surface area contributed by atoms with Crippen molar-refractivity contribution in [3.8, 4) is 0 Å². The summed E-state index contributed by atoms with van der Waals surface area (Å²) in [5.41, 5.74) is 4.19. The van der Waals surface area contributed by atoms with Gasteiger partial charge in [0.15, 0.2) is 0 Å². The van der Waals surface area contributed by atoms with Gasteiger partial charge in [0, 0.05) is 53.9 Å². The monoisotopic (exact) mass is 459 g/mol. The van der Waals surface area contributed by atoms with Crippen LogP contribution in [0.1, 0.15) is 28.8 Å². The molecule has 33 heavy (non-hydrogen) atoms. The second-order valence-electron chi connectivity index (χ2n) is 8.47. The molecule has 168 valence electrons. The molecular weight excluding hydrogens is 434 g/mol. The third-order valence-electron chi connectivity index (χ3n) is 6.53. The first-order chi connectivity index (χ1) is 16.1. The lowest BCUT2D eigenvalue weighted by Gasteiger charge is -2.41. The van der Waals surface area contributed by atoms with Crippen LogP contribution in [-0.2, 0) is 4.79 Å². The van der Waals surface area contributed by atoms with Gasteiger partial charge in [0.25, 0.3) is 0 Å². The highest BCUT2D eigenvalue weighted by molar-refractivity contribution is 6.30. The Hall–Kier alpha value is -3.12. The minimum Gasteiger partial charge on any atom is -0.480 e. The molecule has 0 amide bonds. The number of aromatic amines is 1. The predicted octanol–water partition coefficient (Wildman–Crippen LogP) is 5.35. The maximum Gasteiger partial charge on any atom is 0.325 e. The van der Waals surface area contributed by atoms with Crippen molar-refractivity contribution in [2.24, 2.45) is 0 Å². The zero-order valence-corrected chi connectivity index (χ0v) is 18.9. The standard InChI is InChI=1S/C27H26ClN3O2/c28-21-12-10-20(11-13-21)25(19-6-2-1-3-7-19)30-14-16-31(17-15-30)26(27(32)33)23-18-29-24-9-5-4-8-22(23)24/h1-13,18,25-26,29H,14-17H2,(H,32,33). The number of aliphatic carboxylic acids is 1. The van der Waals surface area contributed by atoms with Gasteiger partial charge in [0.05, 0.1) is 6.04 Å². The number of aromatic nitrogens is 1. The topological polar surface area (TPSA) is 59.6 Å². The van der Waals surface area contributed by atoms with Gasteiger partial charge in [-0.05, 0) is 29.3 Å². The molecule has 1 aliphatic heterocycles. The Balaban J connectivity index is 1.40. The summed E-state index contributed by atoms with van der Waals surface area (Å²) in [4.78, 5) is 20.1. The van der Waals surface area contributed by atoms with Crippen molar-refractivity contribution in [3.63, 3.8) is 0 Å². The number of fused-ring (bicyclic) bond motifs is 1. The van der Waals surface area contributed by atoms with Crippen molar-refractivity contribution >= 4 is 28.5 Å². The number of hydrogen-bond acceptors (Lipinski definition) is 3. The van der Waals surface area contributed by atoms with Crippen LogP contribution in [-0.4, -0.2) is 52.0 Å². The third-order valence-corrected chi connectivity index (χ3v) is 6.78. The highest BCUT2D eigenvalue weighted by Gasteiger charge is 2.34. The molecule has 6 heteroatoms. The van der Waals surface area contributed by atoms with E-state index in [9.17, 15) is 9.90 Å². The Labute approximate surface area is 198 Å². The van der Waals surface area contributed by atoms with Crippen molar-refractivity contribution in [1.29, 1.82) is 0 Å². The number of halogens is 1. The Morgan fingerprint density at radius 2 is 1.42 bits per heavy atom. The van der Waals surface area contributed by atoms with E-state index in [-0.39, 0.29) is 6.04 Å².